The number of aromatic nitrogens is 4. The Balaban J connectivity index is 1.66. The van der Waals surface area contributed by atoms with Gasteiger partial charge in [-0.05, 0) is 50.8 Å². The van der Waals surface area contributed by atoms with Crippen LogP contribution in [0.2, 0.25) is 0 Å². The van der Waals surface area contributed by atoms with Crippen LogP contribution >= 0.6 is 15.9 Å². The lowest BCUT2D eigenvalue weighted by Crippen LogP contribution is -2.39. The van der Waals surface area contributed by atoms with Crippen LogP contribution in [0.3, 0.4) is 0 Å². The first-order valence-electron chi connectivity index (χ1n) is 12.7. The highest BCUT2D eigenvalue weighted by Gasteiger charge is 2.38. The van der Waals surface area contributed by atoms with Gasteiger partial charge in [0.25, 0.3) is 0 Å². The summed E-state index contributed by atoms with van der Waals surface area (Å²) in [5.74, 6) is -0.130. The lowest BCUT2D eigenvalue weighted by molar-refractivity contribution is 0.155. The average Bonchev–Trinajstić information content (AvgIpc) is 3.66. The molecule has 42 heavy (non-hydrogen) atoms. The Morgan fingerprint density at radius 3 is 2.14 bits per heavy atom. The molecule has 1 aliphatic heterocycles. The average molecular weight is 677 g/mol. The van der Waals surface area contributed by atoms with Gasteiger partial charge in [-0.1, -0.05) is 60.7 Å². The number of nitrogens with one attached hydrogen (secondary N) is 2. The molecule has 16 heteroatoms. The minimum absolute atomic E-state index is 0.0562. The molecule has 1 atom stereocenters. The number of nitrogens with zero attached hydrogens (tertiary/aromatic N) is 5. The first-order chi connectivity index (χ1) is 20.1. The highest BCUT2D eigenvalue weighted by atomic mass is 79.9. The number of carboxylic acid groups (broad SMARTS) is 1. The summed E-state index contributed by atoms with van der Waals surface area (Å²) in [6.45, 7) is -0.0399. The molecule has 2 heterocycles. The number of halogens is 1. The van der Waals surface area contributed by atoms with E-state index in [1.54, 1.807) is 48.5 Å². The summed E-state index contributed by atoms with van der Waals surface area (Å²) >= 11 is 3.36. The number of rotatable bonds is 10. The molecule has 1 aromatic heterocycles. The number of carbonyl (C=O) groups is 1. The van der Waals surface area contributed by atoms with Gasteiger partial charge in [-0.3, -0.25) is 0 Å². The molecule has 0 saturated carbocycles. The van der Waals surface area contributed by atoms with Crippen molar-refractivity contribution in [3.8, 4) is 11.4 Å². The standard InChI is InChI=1S/C26H26BrN7O6S2/c27-21-11-12-22(41(37,38)30-20-13-14-33(17-20)26(35)36)24(23(21)25-28-31-32-29-25)42(39,40)34(15-18-7-3-1-4-8-18)16-19-9-5-2-6-10-19/h1-12,20,30H,13-17H2,(H,35,36)(H,28,29,31,32)/t20-/m1/s1. The number of likely N-dealkylation sites (tertiary alicyclic amines) is 1. The van der Waals surface area contributed by atoms with Crippen molar-refractivity contribution in [3.63, 3.8) is 0 Å². The summed E-state index contributed by atoms with van der Waals surface area (Å²) in [5, 5.41) is 23.1. The maximum Gasteiger partial charge on any atom is 0.407 e. The van der Waals surface area contributed by atoms with Crippen molar-refractivity contribution >= 4 is 42.1 Å². The molecule has 0 spiro atoms. The smallest absolute Gasteiger partial charge is 0.407 e. The number of tetrazole rings is 1. The number of hydrogen-bond acceptors (Lipinski definition) is 8. The molecule has 1 amide bonds. The Kier molecular flexibility index (Phi) is 8.70. The number of sulfonamides is 2. The first kappa shape index (κ1) is 29.8. The molecule has 13 nitrogen and oxygen atoms in total. The number of aromatic amines is 1. The molecule has 0 unspecified atom stereocenters. The molecule has 5 rings (SSSR count). The third-order valence-corrected chi connectivity index (χ3v) is 10.9. The Hall–Kier alpha value is -3.70. The van der Waals surface area contributed by atoms with Gasteiger partial charge < -0.3 is 10.0 Å². The molecule has 1 aliphatic rings. The summed E-state index contributed by atoms with van der Waals surface area (Å²) in [4.78, 5) is 11.4. The summed E-state index contributed by atoms with van der Waals surface area (Å²) in [7, 11) is -9.09. The molecule has 3 N–H and O–H groups in total. The lowest BCUT2D eigenvalue weighted by Gasteiger charge is -2.26. The summed E-state index contributed by atoms with van der Waals surface area (Å²) in [6, 6.07) is 19.7. The van der Waals surface area contributed by atoms with Crippen LogP contribution in [0.4, 0.5) is 4.79 Å². The molecule has 220 valence electrons. The van der Waals surface area contributed by atoms with Gasteiger partial charge in [0.2, 0.25) is 25.9 Å². The predicted molar refractivity (Wildman–Crippen MR) is 155 cm³/mol. The Bertz CT molecular complexity index is 1730. The molecule has 1 saturated heterocycles. The van der Waals surface area contributed by atoms with Crippen molar-refractivity contribution in [1.29, 1.82) is 0 Å². The molecular weight excluding hydrogens is 650 g/mol. The molecule has 1 fully saturated rings. The van der Waals surface area contributed by atoms with Crippen LogP contribution in [0.5, 0.6) is 0 Å². The minimum Gasteiger partial charge on any atom is -0.465 e. The van der Waals surface area contributed by atoms with E-state index >= 15 is 0 Å². The van der Waals surface area contributed by atoms with E-state index in [0.29, 0.717) is 11.1 Å². The summed E-state index contributed by atoms with van der Waals surface area (Å²) < 4.78 is 61.1. The number of amides is 1. The second kappa shape index (κ2) is 12.3. The van der Waals surface area contributed by atoms with E-state index in [0.717, 1.165) is 4.90 Å². The molecule has 0 radical (unpaired) electrons. The van der Waals surface area contributed by atoms with Crippen LogP contribution in [0.25, 0.3) is 11.4 Å². The third kappa shape index (κ3) is 6.37. The van der Waals surface area contributed by atoms with E-state index in [1.165, 1.54) is 16.4 Å². The highest BCUT2D eigenvalue weighted by Crippen LogP contribution is 2.39. The van der Waals surface area contributed by atoms with Gasteiger partial charge >= 0.3 is 6.09 Å². The quantitative estimate of drug-likeness (QED) is 0.228. The van der Waals surface area contributed by atoms with Crippen LogP contribution in [-0.4, -0.2) is 77.0 Å². The van der Waals surface area contributed by atoms with Gasteiger partial charge in [-0.25, -0.2) is 26.4 Å². The zero-order valence-corrected chi connectivity index (χ0v) is 25.2. The Morgan fingerprint density at radius 1 is 1.00 bits per heavy atom. The van der Waals surface area contributed by atoms with E-state index in [9.17, 15) is 26.7 Å². The number of H-pyrrole nitrogens is 1. The second-order valence-corrected chi connectivity index (χ2v) is 14.0. The van der Waals surface area contributed by atoms with Gasteiger partial charge in [0.1, 0.15) is 9.79 Å². The van der Waals surface area contributed by atoms with Crippen molar-refractivity contribution in [3.05, 3.63) is 88.4 Å². The monoisotopic (exact) mass is 675 g/mol. The predicted octanol–water partition coefficient (Wildman–Crippen LogP) is 3.05. The van der Waals surface area contributed by atoms with Gasteiger partial charge in [-0.2, -0.15) is 9.52 Å². The van der Waals surface area contributed by atoms with E-state index in [-0.39, 0.29) is 48.5 Å². The van der Waals surface area contributed by atoms with E-state index < -0.39 is 42.0 Å². The minimum atomic E-state index is -4.59. The summed E-state index contributed by atoms with van der Waals surface area (Å²) in [5.41, 5.74) is 1.29. The number of benzene rings is 3. The van der Waals surface area contributed by atoms with Gasteiger partial charge in [-0.15, -0.1) is 10.2 Å². The third-order valence-electron chi connectivity index (χ3n) is 6.71. The van der Waals surface area contributed by atoms with Gasteiger partial charge in [0, 0.05) is 36.7 Å². The van der Waals surface area contributed by atoms with Crippen molar-refractivity contribution in [2.45, 2.75) is 35.3 Å². The van der Waals surface area contributed by atoms with Crippen molar-refractivity contribution in [2.24, 2.45) is 0 Å². The molecule has 0 bridgehead atoms. The molecule has 4 aromatic rings. The van der Waals surface area contributed by atoms with Gasteiger partial charge in [0.05, 0.1) is 5.56 Å². The Labute approximate surface area is 250 Å². The maximum absolute atomic E-state index is 14.7. The SMILES string of the molecule is O=C(O)N1CC[C@@H](NS(=O)(=O)c2ccc(Br)c(-c3nn[nH]n3)c2S(=O)(=O)N(Cc2ccccc2)Cc2ccccc2)C1. The normalized spacial score (nSPS) is 15.8. The maximum atomic E-state index is 14.7. The number of hydrogen-bond donors (Lipinski definition) is 3. The molecule has 3 aromatic carbocycles. The van der Waals surface area contributed by atoms with Crippen LogP contribution < -0.4 is 4.72 Å². The van der Waals surface area contributed by atoms with Crippen molar-refractivity contribution in [2.75, 3.05) is 13.1 Å². The lowest BCUT2D eigenvalue weighted by atomic mass is 10.2. The van der Waals surface area contributed by atoms with E-state index in [2.05, 4.69) is 41.3 Å². The van der Waals surface area contributed by atoms with Crippen molar-refractivity contribution in [1.82, 2.24) is 34.6 Å². The fourth-order valence-corrected chi connectivity index (χ4v) is 9.04. The summed E-state index contributed by atoms with van der Waals surface area (Å²) in [6.07, 6.45) is -0.934. The van der Waals surface area contributed by atoms with Crippen LogP contribution in [0.15, 0.2) is 87.1 Å². The molecule has 0 aliphatic carbocycles. The van der Waals surface area contributed by atoms with Crippen LogP contribution in [0, 0.1) is 0 Å². The fourth-order valence-electron chi connectivity index (χ4n) is 4.73. The highest BCUT2D eigenvalue weighted by molar-refractivity contribution is 9.10. The fraction of sp³-hybridized carbons (Fsp3) is 0.231. The molecular formula is C26H26BrN7O6S2. The first-order valence-corrected chi connectivity index (χ1v) is 16.4. The van der Waals surface area contributed by atoms with Crippen molar-refractivity contribution < 1.29 is 26.7 Å². The topological polar surface area (TPSA) is 179 Å². The zero-order chi connectivity index (χ0) is 29.9. The zero-order valence-electron chi connectivity index (χ0n) is 22.0. The van der Waals surface area contributed by atoms with E-state index in [1.807, 2.05) is 12.1 Å². The van der Waals surface area contributed by atoms with Gasteiger partial charge in [0.15, 0.2) is 0 Å². The van der Waals surface area contributed by atoms with Crippen LogP contribution in [0.1, 0.15) is 17.5 Å². The van der Waals surface area contributed by atoms with Crippen LogP contribution in [-0.2, 0) is 33.1 Å². The van der Waals surface area contributed by atoms with E-state index in [4.69, 9.17) is 0 Å². The second-order valence-electron chi connectivity index (χ2n) is 9.56. The Morgan fingerprint density at radius 2 is 1.62 bits per heavy atom. The largest absolute Gasteiger partial charge is 0.465 e.